The monoisotopic (exact) mass is 268 g/mol. The maximum atomic E-state index is 5.14. The van der Waals surface area contributed by atoms with Crippen LogP contribution in [0.25, 0.3) is 0 Å². The molecular formula is C17H32S. The molecule has 2 fully saturated rings. The highest BCUT2D eigenvalue weighted by Crippen LogP contribution is 2.53. The highest BCUT2D eigenvalue weighted by Gasteiger charge is 2.46. The SMILES string of the molecule is CC1(C)CCCCC(C)(S)C1C1CCCCCC1. The molecule has 2 rings (SSSR count). The van der Waals surface area contributed by atoms with Gasteiger partial charge in [0.1, 0.15) is 0 Å². The van der Waals surface area contributed by atoms with E-state index in [1.807, 2.05) is 0 Å². The van der Waals surface area contributed by atoms with E-state index in [9.17, 15) is 0 Å². The fraction of sp³-hybridized carbons (Fsp3) is 1.00. The normalized spacial score (nSPS) is 39.0. The van der Waals surface area contributed by atoms with E-state index in [0.717, 1.165) is 11.8 Å². The van der Waals surface area contributed by atoms with E-state index < -0.39 is 0 Å². The Morgan fingerprint density at radius 1 is 0.778 bits per heavy atom. The van der Waals surface area contributed by atoms with Crippen LogP contribution in [0.1, 0.15) is 85.0 Å². The fourth-order valence-corrected chi connectivity index (χ4v) is 5.72. The van der Waals surface area contributed by atoms with E-state index in [1.165, 1.54) is 64.2 Å². The highest BCUT2D eigenvalue weighted by atomic mass is 32.1. The van der Waals surface area contributed by atoms with Crippen molar-refractivity contribution in [3.63, 3.8) is 0 Å². The zero-order valence-electron chi connectivity index (χ0n) is 12.7. The van der Waals surface area contributed by atoms with Gasteiger partial charge in [-0.15, -0.1) is 0 Å². The second-order valence-electron chi connectivity index (χ2n) is 7.78. The van der Waals surface area contributed by atoms with Gasteiger partial charge < -0.3 is 0 Å². The van der Waals surface area contributed by atoms with Crippen LogP contribution >= 0.6 is 12.6 Å². The first-order valence-corrected chi connectivity index (χ1v) is 8.61. The summed E-state index contributed by atoms with van der Waals surface area (Å²) in [5.74, 6) is 1.75. The summed E-state index contributed by atoms with van der Waals surface area (Å²) >= 11 is 5.14. The Hall–Kier alpha value is 0.350. The first kappa shape index (κ1) is 14.8. The number of rotatable bonds is 1. The summed E-state index contributed by atoms with van der Waals surface area (Å²) in [4.78, 5) is 0. The predicted octanol–water partition coefficient (Wildman–Crippen LogP) is 5.86. The maximum absolute atomic E-state index is 5.14. The third-order valence-corrected chi connectivity index (χ3v) is 6.14. The Kier molecular flexibility index (Phi) is 4.73. The lowest BCUT2D eigenvalue weighted by Gasteiger charge is -2.47. The summed E-state index contributed by atoms with van der Waals surface area (Å²) < 4.78 is 0.259. The summed E-state index contributed by atoms with van der Waals surface area (Å²) in [6.07, 6.45) is 14.3. The lowest BCUT2D eigenvalue weighted by atomic mass is 9.63. The molecule has 0 radical (unpaired) electrons. The van der Waals surface area contributed by atoms with Crippen molar-refractivity contribution in [3.05, 3.63) is 0 Å². The lowest BCUT2D eigenvalue weighted by Crippen LogP contribution is -2.43. The van der Waals surface area contributed by atoms with E-state index >= 15 is 0 Å². The molecular weight excluding hydrogens is 236 g/mol. The summed E-state index contributed by atoms with van der Waals surface area (Å²) in [5.41, 5.74) is 0.488. The third-order valence-electron chi connectivity index (χ3n) is 5.64. The van der Waals surface area contributed by atoms with Crippen molar-refractivity contribution in [2.45, 2.75) is 89.7 Å². The van der Waals surface area contributed by atoms with Gasteiger partial charge in [0.05, 0.1) is 0 Å². The number of hydrogen-bond acceptors (Lipinski definition) is 1. The van der Waals surface area contributed by atoms with Gasteiger partial charge in [-0.1, -0.05) is 72.1 Å². The van der Waals surface area contributed by atoms with Crippen molar-refractivity contribution in [2.75, 3.05) is 0 Å². The van der Waals surface area contributed by atoms with Crippen LogP contribution in [-0.2, 0) is 0 Å². The molecule has 0 aromatic heterocycles. The molecule has 0 aromatic carbocycles. The average molecular weight is 269 g/mol. The summed E-state index contributed by atoms with van der Waals surface area (Å²) in [6, 6.07) is 0. The molecule has 0 aliphatic heterocycles. The molecule has 0 N–H and O–H groups in total. The number of hydrogen-bond donors (Lipinski definition) is 1. The van der Waals surface area contributed by atoms with E-state index in [2.05, 4.69) is 20.8 Å². The van der Waals surface area contributed by atoms with E-state index in [-0.39, 0.29) is 4.75 Å². The Bertz CT molecular complexity index is 241. The Labute approximate surface area is 120 Å². The first-order chi connectivity index (χ1) is 8.43. The van der Waals surface area contributed by atoms with Crippen molar-refractivity contribution in [2.24, 2.45) is 17.3 Å². The van der Waals surface area contributed by atoms with Crippen molar-refractivity contribution in [1.29, 1.82) is 0 Å². The zero-order valence-corrected chi connectivity index (χ0v) is 13.6. The second kappa shape index (κ2) is 5.77. The second-order valence-corrected chi connectivity index (χ2v) is 8.80. The molecule has 0 amide bonds. The van der Waals surface area contributed by atoms with Gasteiger partial charge in [0.25, 0.3) is 0 Å². The van der Waals surface area contributed by atoms with Crippen LogP contribution < -0.4 is 0 Å². The van der Waals surface area contributed by atoms with Crippen LogP contribution in [0.4, 0.5) is 0 Å². The van der Waals surface area contributed by atoms with E-state index in [1.54, 1.807) is 0 Å². The van der Waals surface area contributed by atoms with Crippen LogP contribution in [-0.4, -0.2) is 4.75 Å². The minimum atomic E-state index is 0.259. The average Bonchev–Trinajstić information content (AvgIpc) is 2.56. The van der Waals surface area contributed by atoms with Gasteiger partial charge in [0.2, 0.25) is 0 Å². The zero-order chi connectivity index (χ0) is 13.2. The van der Waals surface area contributed by atoms with Gasteiger partial charge in [-0.25, -0.2) is 0 Å². The fourth-order valence-electron chi connectivity index (χ4n) is 5.01. The molecule has 0 spiro atoms. The van der Waals surface area contributed by atoms with Crippen molar-refractivity contribution in [1.82, 2.24) is 0 Å². The number of thiol groups is 1. The largest absolute Gasteiger partial charge is 0.172 e. The predicted molar refractivity (Wildman–Crippen MR) is 84.3 cm³/mol. The molecule has 106 valence electrons. The molecule has 1 heteroatoms. The molecule has 18 heavy (non-hydrogen) atoms. The maximum Gasteiger partial charge on any atom is 0.0137 e. The van der Waals surface area contributed by atoms with Gasteiger partial charge in [-0.3, -0.25) is 0 Å². The van der Waals surface area contributed by atoms with Crippen LogP contribution in [0.2, 0.25) is 0 Å². The smallest absolute Gasteiger partial charge is 0.0137 e. The summed E-state index contributed by atoms with van der Waals surface area (Å²) in [6.45, 7) is 7.46. The molecule has 0 bridgehead atoms. The van der Waals surface area contributed by atoms with Gasteiger partial charge >= 0.3 is 0 Å². The van der Waals surface area contributed by atoms with Crippen molar-refractivity contribution >= 4 is 12.6 Å². The van der Waals surface area contributed by atoms with Gasteiger partial charge in [0, 0.05) is 4.75 Å². The summed E-state index contributed by atoms with van der Waals surface area (Å²) in [7, 11) is 0. The van der Waals surface area contributed by atoms with Crippen LogP contribution in [0.5, 0.6) is 0 Å². The van der Waals surface area contributed by atoms with Crippen molar-refractivity contribution < 1.29 is 0 Å². The van der Waals surface area contributed by atoms with Crippen molar-refractivity contribution in [3.8, 4) is 0 Å². The van der Waals surface area contributed by atoms with Crippen LogP contribution in [0, 0.1) is 17.3 Å². The Morgan fingerprint density at radius 2 is 1.33 bits per heavy atom. The molecule has 2 unspecified atom stereocenters. The Morgan fingerprint density at radius 3 is 1.94 bits per heavy atom. The molecule has 2 aliphatic rings. The first-order valence-electron chi connectivity index (χ1n) is 8.16. The topological polar surface area (TPSA) is 0 Å². The quantitative estimate of drug-likeness (QED) is 0.447. The molecule has 2 atom stereocenters. The van der Waals surface area contributed by atoms with Gasteiger partial charge in [-0.05, 0) is 30.1 Å². The van der Waals surface area contributed by atoms with E-state index in [4.69, 9.17) is 12.6 Å². The molecule has 0 saturated heterocycles. The minimum Gasteiger partial charge on any atom is -0.172 e. The Balaban J connectivity index is 2.22. The third kappa shape index (κ3) is 3.26. The van der Waals surface area contributed by atoms with E-state index in [0.29, 0.717) is 5.41 Å². The molecule has 0 heterocycles. The molecule has 2 saturated carbocycles. The highest BCUT2D eigenvalue weighted by molar-refractivity contribution is 7.81. The molecule has 0 aromatic rings. The van der Waals surface area contributed by atoms with Crippen LogP contribution in [0.3, 0.4) is 0 Å². The standard InChI is InChI=1S/C17H32S/c1-16(2)12-8-9-13-17(3,18)15(16)14-10-6-4-5-7-11-14/h14-15,18H,4-13H2,1-3H3. The van der Waals surface area contributed by atoms with Gasteiger partial charge in [-0.2, -0.15) is 12.6 Å². The lowest BCUT2D eigenvalue weighted by molar-refractivity contribution is 0.0911. The minimum absolute atomic E-state index is 0.259. The van der Waals surface area contributed by atoms with Crippen LogP contribution in [0.15, 0.2) is 0 Å². The molecule has 2 aliphatic carbocycles. The van der Waals surface area contributed by atoms with Gasteiger partial charge in [0.15, 0.2) is 0 Å². The molecule has 0 nitrogen and oxygen atoms in total. The summed E-state index contributed by atoms with van der Waals surface area (Å²) in [5, 5.41) is 0.